The van der Waals surface area contributed by atoms with Crippen LogP contribution in [0, 0.1) is 0 Å². The Morgan fingerprint density at radius 3 is 2.89 bits per heavy atom. The van der Waals surface area contributed by atoms with Crippen LogP contribution in [0.4, 0.5) is 5.69 Å². The first-order valence-corrected chi connectivity index (χ1v) is 8.23. The maximum atomic E-state index is 5.85. The summed E-state index contributed by atoms with van der Waals surface area (Å²) in [6.45, 7) is 5.59. The second-order valence-corrected chi connectivity index (χ2v) is 7.38. The van der Waals surface area contributed by atoms with E-state index >= 15 is 0 Å². The Morgan fingerprint density at radius 2 is 2.22 bits per heavy atom. The van der Waals surface area contributed by atoms with Gasteiger partial charge in [-0.15, -0.1) is 0 Å². The van der Waals surface area contributed by atoms with Gasteiger partial charge < -0.3 is 10.6 Å². The number of hydrogen-bond acceptors (Lipinski definition) is 3. The number of thiocarbonyl (C=S) groups is 1. The van der Waals surface area contributed by atoms with Crippen molar-refractivity contribution in [2.24, 2.45) is 5.73 Å². The molecular weight excluding hydrogens is 328 g/mol. The highest BCUT2D eigenvalue weighted by Gasteiger charge is 2.27. The van der Waals surface area contributed by atoms with Crippen LogP contribution in [0.25, 0.3) is 0 Å². The minimum atomic E-state index is 0.462. The molecule has 0 radical (unpaired) electrons. The Hall–Kier alpha value is -0.260. The van der Waals surface area contributed by atoms with Crippen molar-refractivity contribution >= 4 is 50.6 Å². The van der Waals surface area contributed by atoms with Gasteiger partial charge in [-0.3, -0.25) is 0 Å². The molecule has 0 bridgehead atoms. The van der Waals surface area contributed by atoms with Gasteiger partial charge in [-0.1, -0.05) is 35.1 Å². The molecule has 1 aliphatic heterocycles. The molecule has 2 rings (SSSR count). The first-order valence-electron chi connectivity index (χ1n) is 5.98. The maximum absolute atomic E-state index is 5.85. The van der Waals surface area contributed by atoms with Crippen molar-refractivity contribution < 1.29 is 0 Å². The molecular formula is C13H17BrN2S2. The van der Waals surface area contributed by atoms with E-state index in [1.54, 1.807) is 0 Å². The second-order valence-electron chi connectivity index (χ2n) is 4.54. The number of halogens is 1. The fourth-order valence-corrected chi connectivity index (χ4v) is 3.85. The van der Waals surface area contributed by atoms with Crippen LogP contribution in [0.1, 0.15) is 19.4 Å². The van der Waals surface area contributed by atoms with Crippen molar-refractivity contribution in [1.82, 2.24) is 0 Å². The number of rotatable bonds is 2. The lowest BCUT2D eigenvalue weighted by atomic mass is 10.1. The Labute approximate surface area is 126 Å². The lowest BCUT2D eigenvalue weighted by Gasteiger charge is -2.40. The van der Waals surface area contributed by atoms with Gasteiger partial charge in [0.25, 0.3) is 0 Å². The van der Waals surface area contributed by atoms with Gasteiger partial charge in [0.05, 0.1) is 0 Å². The van der Waals surface area contributed by atoms with Crippen LogP contribution in [-0.2, 0) is 0 Å². The lowest BCUT2D eigenvalue weighted by Crippen LogP contribution is -2.45. The Morgan fingerprint density at radius 1 is 1.50 bits per heavy atom. The zero-order chi connectivity index (χ0) is 13.3. The van der Waals surface area contributed by atoms with E-state index in [2.05, 4.69) is 46.8 Å². The van der Waals surface area contributed by atoms with Crippen molar-refractivity contribution in [3.8, 4) is 0 Å². The quantitative estimate of drug-likeness (QED) is 0.832. The fraction of sp³-hybridized carbons (Fsp3) is 0.462. The highest BCUT2D eigenvalue weighted by molar-refractivity contribution is 9.10. The summed E-state index contributed by atoms with van der Waals surface area (Å²) >= 11 is 10.7. The van der Waals surface area contributed by atoms with Crippen LogP contribution in [0.5, 0.6) is 0 Å². The van der Waals surface area contributed by atoms with E-state index < -0.39 is 0 Å². The summed E-state index contributed by atoms with van der Waals surface area (Å²) in [7, 11) is 0. The monoisotopic (exact) mass is 344 g/mol. The average molecular weight is 345 g/mol. The minimum Gasteiger partial charge on any atom is -0.389 e. The molecule has 98 valence electrons. The smallest absolute Gasteiger partial charge is 0.106 e. The molecule has 2 N–H and O–H groups in total. The second kappa shape index (κ2) is 5.80. The number of anilines is 1. The zero-order valence-electron chi connectivity index (χ0n) is 10.5. The van der Waals surface area contributed by atoms with Gasteiger partial charge in [0.15, 0.2) is 0 Å². The van der Waals surface area contributed by atoms with Crippen molar-refractivity contribution in [1.29, 1.82) is 0 Å². The van der Waals surface area contributed by atoms with Gasteiger partial charge in [0.2, 0.25) is 0 Å². The number of nitrogens with two attached hydrogens (primary N) is 1. The summed E-state index contributed by atoms with van der Waals surface area (Å²) in [5, 5.41) is 0.626. The Bertz CT molecular complexity index is 464. The fourth-order valence-electron chi connectivity index (χ4n) is 2.23. The van der Waals surface area contributed by atoms with E-state index in [0.717, 1.165) is 28.0 Å². The topological polar surface area (TPSA) is 29.3 Å². The van der Waals surface area contributed by atoms with Crippen LogP contribution in [-0.4, -0.2) is 28.6 Å². The van der Waals surface area contributed by atoms with Gasteiger partial charge in [-0.05, 0) is 25.1 Å². The van der Waals surface area contributed by atoms with Crippen molar-refractivity contribution in [2.45, 2.75) is 25.1 Å². The Balaban J connectivity index is 2.40. The summed E-state index contributed by atoms with van der Waals surface area (Å²) in [5.74, 6) is 1.15. The number of nitrogens with zero attached hydrogens (tertiary/aromatic N) is 1. The summed E-state index contributed by atoms with van der Waals surface area (Å²) < 4.78 is 1.01. The first kappa shape index (κ1) is 14.2. The number of thioether (sulfide) groups is 1. The van der Waals surface area contributed by atoms with E-state index in [4.69, 9.17) is 18.0 Å². The van der Waals surface area contributed by atoms with E-state index in [1.165, 1.54) is 0 Å². The van der Waals surface area contributed by atoms with Gasteiger partial charge in [-0.2, -0.15) is 11.8 Å². The molecule has 0 saturated carbocycles. The number of benzene rings is 1. The summed E-state index contributed by atoms with van der Waals surface area (Å²) in [6.07, 6.45) is 0. The molecule has 2 atom stereocenters. The summed E-state index contributed by atoms with van der Waals surface area (Å²) in [6, 6.07) is 6.67. The molecule has 0 aromatic heterocycles. The standard InChI is InChI=1S/C13H17BrN2S2/c1-8-9(2)18-6-5-16(8)12-4-3-10(14)7-11(12)13(15)17/h3-4,7-9H,5-6H2,1-2H3,(H2,15,17). The maximum Gasteiger partial charge on any atom is 0.106 e. The van der Waals surface area contributed by atoms with Crippen LogP contribution < -0.4 is 10.6 Å². The third-order valence-corrected chi connectivity index (χ3v) is 5.47. The molecule has 1 saturated heterocycles. The molecule has 5 heteroatoms. The first-order chi connectivity index (χ1) is 8.50. The molecule has 18 heavy (non-hydrogen) atoms. The molecule has 1 fully saturated rings. The molecule has 1 aliphatic rings. The minimum absolute atomic E-state index is 0.462. The van der Waals surface area contributed by atoms with Crippen molar-refractivity contribution in [3.63, 3.8) is 0 Å². The molecule has 0 aliphatic carbocycles. The molecule has 2 nitrogen and oxygen atoms in total. The normalized spacial score (nSPS) is 24.1. The van der Waals surface area contributed by atoms with Crippen LogP contribution in [0.3, 0.4) is 0 Å². The Kier molecular flexibility index (Phi) is 4.56. The van der Waals surface area contributed by atoms with Gasteiger partial charge in [0.1, 0.15) is 4.99 Å². The highest BCUT2D eigenvalue weighted by atomic mass is 79.9. The molecule has 1 aromatic rings. The van der Waals surface area contributed by atoms with E-state index in [1.807, 2.05) is 17.8 Å². The van der Waals surface area contributed by atoms with E-state index in [-0.39, 0.29) is 0 Å². The lowest BCUT2D eigenvalue weighted by molar-refractivity contribution is 0.627. The van der Waals surface area contributed by atoms with E-state index in [0.29, 0.717) is 16.3 Å². The van der Waals surface area contributed by atoms with Crippen LogP contribution in [0.2, 0.25) is 0 Å². The number of hydrogen-bond donors (Lipinski definition) is 1. The summed E-state index contributed by atoms with van der Waals surface area (Å²) in [4.78, 5) is 2.88. The molecule has 2 unspecified atom stereocenters. The molecule has 1 aromatic carbocycles. The van der Waals surface area contributed by atoms with Gasteiger partial charge >= 0.3 is 0 Å². The van der Waals surface area contributed by atoms with Gasteiger partial charge in [-0.25, -0.2) is 0 Å². The molecule has 1 heterocycles. The predicted octanol–water partition coefficient (Wildman–Crippen LogP) is 3.41. The highest BCUT2D eigenvalue weighted by Crippen LogP contribution is 2.32. The van der Waals surface area contributed by atoms with Crippen LogP contribution >= 0.6 is 39.9 Å². The molecule has 0 amide bonds. The predicted molar refractivity (Wildman–Crippen MR) is 88.8 cm³/mol. The SMILES string of the molecule is CC1SCCN(c2ccc(Br)cc2C(N)=S)C1C. The van der Waals surface area contributed by atoms with Crippen LogP contribution in [0.15, 0.2) is 22.7 Å². The summed E-state index contributed by atoms with van der Waals surface area (Å²) in [5.41, 5.74) is 7.97. The average Bonchev–Trinajstić information content (AvgIpc) is 2.33. The third-order valence-electron chi connectivity index (χ3n) is 3.42. The molecule has 0 spiro atoms. The van der Waals surface area contributed by atoms with Crippen molar-refractivity contribution in [2.75, 3.05) is 17.2 Å². The van der Waals surface area contributed by atoms with Gasteiger partial charge in [0, 0.05) is 39.3 Å². The van der Waals surface area contributed by atoms with E-state index in [9.17, 15) is 0 Å². The largest absolute Gasteiger partial charge is 0.389 e. The zero-order valence-corrected chi connectivity index (χ0v) is 13.7. The third kappa shape index (κ3) is 2.83. The van der Waals surface area contributed by atoms with Crippen molar-refractivity contribution in [3.05, 3.63) is 28.2 Å².